The highest BCUT2D eigenvalue weighted by Crippen LogP contribution is 2.27. The predicted octanol–water partition coefficient (Wildman–Crippen LogP) is 0.190. The maximum atomic E-state index is 11.9. The number of nitrogens with one attached hydrogen (secondary N) is 2. The summed E-state index contributed by atoms with van der Waals surface area (Å²) in [6, 6.07) is 0. The number of H-pyrrole nitrogens is 1. The molecular weight excluding hydrogens is 314 g/mol. The van der Waals surface area contributed by atoms with Gasteiger partial charge in [-0.1, -0.05) is 19.8 Å². The van der Waals surface area contributed by atoms with E-state index in [0.29, 0.717) is 12.0 Å². The Kier molecular flexibility index (Phi) is 6.33. The average Bonchev–Trinajstić information content (AvgIpc) is 2.90. The monoisotopic (exact) mass is 339 g/mol. The number of unbranched alkanes of at least 4 members (excludes halogenated alkanes) is 2. The van der Waals surface area contributed by atoms with Gasteiger partial charge in [-0.15, -0.1) is 0 Å². The van der Waals surface area contributed by atoms with Gasteiger partial charge in [-0.3, -0.25) is 19.1 Å². The Morgan fingerprint density at radius 1 is 1.46 bits per heavy atom. The van der Waals surface area contributed by atoms with Gasteiger partial charge >= 0.3 is 5.69 Å². The summed E-state index contributed by atoms with van der Waals surface area (Å²) in [7, 11) is 0. The molecule has 0 saturated carbocycles. The van der Waals surface area contributed by atoms with Crippen LogP contribution in [0.4, 0.5) is 0 Å². The van der Waals surface area contributed by atoms with Gasteiger partial charge in [-0.05, 0) is 13.3 Å². The molecule has 0 spiro atoms. The number of carbonyl (C=O) groups is 1. The number of aromatic amines is 1. The van der Waals surface area contributed by atoms with E-state index in [0.717, 1.165) is 19.3 Å². The Morgan fingerprint density at radius 3 is 2.92 bits per heavy atom. The third-order valence-corrected chi connectivity index (χ3v) is 4.17. The third-order valence-electron chi connectivity index (χ3n) is 4.17. The first-order valence-electron chi connectivity index (χ1n) is 8.34. The van der Waals surface area contributed by atoms with Gasteiger partial charge in [0, 0.05) is 31.1 Å². The Labute approximate surface area is 139 Å². The van der Waals surface area contributed by atoms with Crippen LogP contribution in [-0.4, -0.2) is 39.3 Å². The molecule has 2 rings (SSSR count). The second-order valence-electron chi connectivity index (χ2n) is 6.17. The predicted molar refractivity (Wildman–Crippen MR) is 87.7 cm³/mol. The van der Waals surface area contributed by atoms with Crippen molar-refractivity contribution in [2.45, 2.75) is 64.4 Å². The lowest BCUT2D eigenvalue weighted by Gasteiger charge is -2.17. The largest absolute Gasteiger partial charge is 0.390 e. The summed E-state index contributed by atoms with van der Waals surface area (Å²) in [4.78, 5) is 37.2. The maximum Gasteiger partial charge on any atom is 0.330 e. The second kappa shape index (κ2) is 8.25. The van der Waals surface area contributed by atoms with Crippen molar-refractivity contribution in [2.24, 2.45) is 0 Å². The van der Waals surface area contributed by atoms with Gasteiger partial charge in [-0.25, -0.2) is 4.79 Å². The van der Waals surface area contributed by atoms with Crippen LogP contribution in [0.5, 0.6) is 0 Å². The fraction of sp³-hybridized carbons (Fsp3) is 0.688. The maximum absolute atomic E-state index is 11.9. The molecule has 1 saturated heterocycles. The second-order valence-corrected chi connectivity index (χ2v) is 6.17. The van der Waals surface area contributed by atoms with E-state index in [9.17, 15) is 19.5 Å². The molecule has 1 aliphatic heterocycles. The molecule has 134 valence electrons. The van der Waals surface area contributed by atoms with Crippen molar-refractivity contribution in [3.63, 3.8) is 0 Å². The van der Waals surface area contributed by atoms with Gasteiger partial charge in [0.2, 0.25) is 5.91 Å². The Morgan fingerprint density at radius 2 is 2.21 bits per heavy atom. The normalized spacial score (nSPS) is 23.4. The highest BCUT2D eigenvalue weighted by molar-refractivity contribution is 5.75. The quantitative estimate of drug-likeness (QED) is 0.614. The summed E-state index contributed by atoms with van der Waals surface area (Å²) >= 11 is 0. The molecule has 2 heterocycles. The molecule has 1 fully saturated rings. The molecule has 24 heavy (non-hydrogen) atoms. The molecule has 0 aromatic carbocycles. The molecule has 0 radical (unpaired) electrons. The lowest BCUT2D eigenvalue weighted by Crippen LogP contribution is -2.37. The fourth-order valence-electron chi connectivity index (χ4n) is 2.71. The van der Waals surface area contributed by atoms with Gasteiger partial charge in [0.15, 0.2) is 0 Å². The van der Waals surface area contributed by atoms with Crippen LogP contribution < -0.4 is 16.6 Å². The lowest BCUT2D eigenvalue weighted by atomic mass is 10.1. The van der Waals surface area contributed by atoms with E-state index >= 15 is 0 Å². The average molecular weight is 339 g/mol. The van der Waals surface area contributed by atoms with Crippen LogP contribution in [0, 0.1) is 6.92 Å². The molecule has 1 aliphatic rings. The Balaban J connectivity index is 1.93. The van der Waals surface area contributed by atoms with Crippen molar-refractivity contribution in [1.29, 1.82) is 0 Å². The number of amides is 1. The van der Waals surface area contributed by atoms with E-state index in [1.54, 1.807) is 6.92 Å². The first kappa shape index (κ1) is 18.4. The summed E-state index contributed by atoms with van der Waals surface area (Å²) in [5, 5.41) is 12.9. The zero-order valence-electron chi connectivity index (χ0n) is 14.1. The summed E-state index contributed by atoms with van der Waals surface area (Å²) in [5.74, 6) is -0.0697. The van der Waals surface area contributed by atoms with Crippen molar-refractivity contribution < 1.29 is 14.6 Å². The minimum Gasteiger partial charge on any atom is -0.390 e. The molecule has 8 nitrogen and oxygen atoms in total. The molecule has 1 aromatic rings. The van der Waals surface area contributed by atoms with E-state index in [1.165, 1.54) is 10.8 Å². The summed E-state index contributed by atoms with van der Waals surface area (Å²) in [6.45, 7) is 3.86. The van der Waals surface area contributed by atoms with E-state index in [-0.39, 0.29) is 18.9 Å². The number of ether oxygens (including phenoxy) is 1. The van der Waals surface area contributed by atoms with Gasteiger partial charge < -0.3 is 15.2 Å². The number of hydrogen-bond acceptors (Lipinski definition) is 5. The molecule has 0 bridgehead atoms. The molecule has 3 atom stereocenters. The third kappa shape index (κ3) is 4.55. The number of hydrogen-bond donors (Lipinski definition) is 3. The molecule has 1 amide bonds. The van der Waals surface area contributed by atoms with E-state index < -0.39 is 29.7 Å². The van der Waals surface area contributed by atoms with Crippen LogP contribution in [0.2, 0.25) is 0 Å². The topological polar surface area (TPSA) is 113 Å². The van der Waals surface area contributed by atoms with Gasteiger partial charge in [0.1, 0.15) is 12.3 Å². The minimum absolute atomic E-state index is 0.0697. The molecule has 8 heteroatoms. The van der Waals surface area contributed by atoms with Crippen LogP contribution >= 0.6 is 0 Å². The number of carbonyl (C=O) groups excluding carboxylic acids is 1. The van der Waals surface area contributed by atoms with Crippen molar-refractivity contribution in [1.82, 2.24) is 14.9 Å². The van der Waals surface area contributed by atoms with Gasteiger partial charge in [0.05, 0.1) is 6.10 Å². The smallest absolute Gasteiger partial charge is 0.330 e. The van der Waals surface area contributed by atoms with E-state index in [4.69, 9.17) is 4.74 Å². The van der Waals surface area contributed by atoms with Crippen LogP contribution in [0.3, 0.4) is 0 Å². The summed E-state index contributed by atoms with van der Waals surface area (Å²) < 4.78 is 6.95. The van der Waals surface area contributed by atoms with E-state index in [1.807, 2.05) is 0 Å². The molecular formula is C16H25N3O5. The first-order chi connectivity index (χ1) is 11.4. The summed E-state index contributed by atoms with van der Waals surface area (Å²) in [6.07, 6.45) is 2.97. The molecule has 1 aromatic heterocycles. The standard InChI is InChI=1S/C16H25N3O5/c1-3-4-5-6-13(21)17-8-12-11(20)7-14(24-12)19-9-10(2)15(22)18-16(19)23/h9,11-12,14,20H,3-8H2,1-2H3,(H,17,21)(H,18,22,23)/t11-,12+,14+/m0/s1. The highest BCUT2D eigenvalue weighted by Gasteiger charge is 2.35. The number of aromatic nitrogens is 2. The first-order valence-corrected chi connectivity index (χ1v) is 8.34. The summed E-state index contributed by atoms with van der Waals surface area (Å²) in [5.41, 5.74) is -0.627. The number of aliphatic hydroxyl groups is 1. The number of aryl methyl sites for hydroxylation is 1. The van der Waals surface area contributed by atoms with Crippen molar-refractivity contribution in [3.05, 3.63) is 32.6 Å². The number of nitrogens with zero attached hydrogens (tertiary/aromatic N) is 1. The SMILES string of the molecule is CCCCCC(=O)NC[C@H]1O[C@@H](n2cc(C)c(=O)[nH]c2=O)C[C@@H]1O. The van der Waals surface area contributed by atoms with Crippen LogP contribution in [0.15, 0.2) is 15.8 Å². The zero-order chi connectivity index (χ0) is 17.7. The lowest BCUT2D eigenvalue weighted by molar-refractivity contribution is -0.122. The van der Waals surface area contributed by atoms with Crippen molar-refractivity contribution >= 4 is 5.91 Å². The molecule has 0 unspecified atom stereocenters. The van der Waals surface area contributed by atoms with E-state index in [2.05, 4.69) is 17.2 Å². The molecule has 0 aliphatic carbocycles. The van der Waals surface area contributed by atoms with Crippen molar-refractivity contribution in [2.75, 3.05) is 6.54 Å². The fourth-order valence-corrected chi connectivity index (χ4v) is 2.71. The number of aliphatic hydroxyl groups excluding tert-OH is 1. The van der Waals surface area contributed by atoms with Gasteiger partial charge in [0.25, 0.3) is 5.56 Å². The number of rotatable bonds is 7. The van der Waals surface area contributed by atoms with Crippen LogP contribution in [0.25, 0.3) is 0 Å². The minimum atomic E-state index is -0.787. The zero-order valence-corrected chi connectivity index (χ0v) is 14.1. The van der Waals surface area contributed by atoms with Crippen molar-refractivity contribution in [3.8, 4) is 0 Å². The highest BCUT2D eigenvalue weighted by atomic mass is 16.5. The Hall–Kier alpha value is -1.93. The van der Waals surface area contributed by atoms with Gasteiger partial charge in [-0.2, -0.15) is 0 Å². The van der Waals surface area contributed by atoms with Crippen LogP contribution in [-0.2, 0) is 9.53 Å². The van der Waals surface area contributed by atoms with Crippen LogP contribution in [0.1, 0.15) is 50.8 Å². The Bertz CT molecular complexity index is 681. The molecule has 3 N–H and O–H groups in total.